The second-order valence-corrected chi connectivity index (χ2v) is 7.37. The van der Waals surface area contributed by atoms with Gasteiger partial charge >= 0.3 is 0 Å². The van der Waals surface area contributed by atoms with Crippen molar-refractivity contribution in [2.24, 2.45) is 0 Å². The van der Waals surface area contributed by atoms with Gasteiger partial charge in [0.15, 0.2) is 5.82 Å². The van der Waals surface area contributed by atoms with E-state index in [0.717, 1.165) is 25.2 Å². The molecule has 3 heterocycles. The Kier molecular flexibility index (Phi) is 3.11. The van der Waals surface area contributed by atoms with Crippen molar-refractivity contribution >= 4 is 9.84 Å². The third kappa shape index (κ3) is 2.42. The number of sulfone groups is 1. The maximum absolute atomic E-state index is 11.4. The lowest BCUT2D eigenvalue weighted by Crippen LogP contribution is -2.22. The molecule has 2 saturated heterocycles. The van der Waals surface area contributed by atoms with Gasteiger partial charge in [-0.1, -0.05) is 5.16 Å². The Bertz CT molecular complexity index is 505. The van der Waals surface area contributed by atoms with Crippen LogP contribution in [-0.2, 0) is 9.84 Å². The largest absolute Gasteiger partial charge is 0.339 e. The van der Waals surface area contributed by atoms with Crippen molar-refractivity contribution < 1.29 is 12.9 Å². The van der Waals surface area contributed by atoms with E-state index < -0.39 is 9.84 Å². The fraction of sp³-hybridized carbons (Fsp3) is 0.818. The number of nitrogens with one attached hydrogen (secondary N) is 1. The number of hydrogen-bond acceptors (Lipinski definition) is 6. The standard InChI is InChI=1S/C11H17N3O3S/c15-18(16)6-3-8(4-7-18)11-13-10(14-17-11)9-2-1-5-12-9/h8-9,12H,1-7H2. The third-order valence-corrected chi connectivity index (χ3v) is 5.45. The molecule has 3 rings (SSSR count). The lowest BCUT2D eigenvalue weighted by molar-refractivity contribution is 0.337. The zero-order valence-electron chi connectivity index (χ0n) is 10.1. The van der Waals surface area contributed by atoms with Crippen LogP contribution in [0.3, 0.4) is 0 Å². The predicted octanol–water partition coefficient (Wildman–Crippen LogP) is 0.786. The van der Waals surface area contributed by atoms with Gasteiger partial charge in [-0.25, -0.2) is 8.42 Å². The normalized spacial score (nSPS) is 28.6. The van der Waals surface area contributed by atoms with Crippen LogP contribution in [0.25, 0.3) is 0 Å². The highest BCUT2D eigenvalue weighted by atomic mass is 32.2. The molecule has 2 aliphatic rings. The first-order valence-corrected chi connectivity index (χ1v) is 8.23. The molecular formula is C11H17N3O3S. The highest BCUT2D eigenvalue weighted by Crippen LogP contribution is 2.29. The molecule has 0 saturated carbocycles. The van der Waals surface area contributed by atoms with Crippen LogP contribution in [0.15, 0.2) is 4.52 Å². The van der Waals surface area contributed by atoms with Crippen molar-refractivity contribution in [1.29, 1.82) is 0 Å². The van der Waals surface area contributed by atoms with Gasteiger partial charge in [-0.05, 0) is 32.2 Å². The average molecular weight is 271 g/mol. The zero-order chi connectivity index (χ0) is 12.6. The van der Waals surface area contributed by atoms with Crippen molar-refractivity contribution in [2.45, 2.75) is 37.6 Å². The molecule has 1 N–H and O–H groups in total. The summed E-state index contributed by atoms with van der Waals surface area (Å²) < 4.78 is 28.0. The monoisotopic (exact) mass is 271 g/mol. The third-order valence-electron chi connectivity index (χ3n) is 3.73. The molecule has 2 aliphatic heterocycles. The molecule has 18 heavy (non-hydrogen) atoms. The quantitative estimate of drug-likeness (QED) is 0.856. The van der Waals surface area contributed by atoms with Gasteiger partial charge in [0.2, 0.25) is 5.89 Å². The molecule has 1 atom stereocenters. The minimum atomic E-state index is -2.83. The van der Waals surface area contributed by atoms with Gasteiger partial charge < -0.3 is 9.84 Å². The van der Waals surface area contributed by atoms with E-state index in [1.807, 2.05) is 0 Å². The summed E-state index contributed by atoms with van der Waals surface area (Å²) >= 11 is 0. The Morgan fingerprint density at radius 3 is 2.67 bits per heavy atom. The van der Waals surface area contributed by atoms with E-state index in [9.17, 15) is 8.42 Å². The van der Waals surface area contributed by atoms with Crippen molar-refractivity contribution in [1.82, 2.24) is 15.5 Å². The molecule has 0 radical (unpaired) electrons. The Morgan fingerprint density at radius 1 is 1.22 bits per heavy atom. The van der Waals surface area contributed by atoms with Gasteiger partial charge in [0.1, 0.15) is 9.84 Å². The summed E-state index contributed by atoms with van der Waals surface area (Å²) in [7, 11) is -2.83. The number of aromatic nitrogens is 2. The van der Waals surface area contributed by atoms with Gasteiger partial charge in [-0.2, -0.15) is 4.98 Å². The Balaban J connectivity index is 1.70. The van der Waals surface area contributed by atoms with Crippen LogP contribution in [0.2, 0.25) is 0 Å². The summed E-state index contributed by atoms with van der Waals surface area (Å²) in [6, 6.07) is 0.204. The summed E-state index contributed by atoms with van der Waals surface area (Å²) in [6.45, 7) is 0.996. The molecule has 1 unspecified atom stereocenters. The molecule has 0 bridgehead atoms. The zero-order valence-corrected chi connectivity index (χ0v) is 10.9. The fourth-order valence-electron chi connectivity index (χ4n) is 2.60. The molecule has 100 valence electrons. The second kappa shape index (κ2) is 4.62. The summed E-state index contributed by atoms with van der Waals surface area (Å²) in [5.74, 6) is 1.90. The fourth-order valence-corrected chi connectivity index (χ4v) is 4.09. The Labute approximate surface area is 106 Å². The van der Waals surface area contributed by atoms with E-state index in [-0.39, 0.29) is 23.5 Å². The molecule has 0 aromatic carbocycles. The first-order valence-electron chi connectivity index (χ1n) is 6.41. The van der Waals surface area contributed by atoms with E-state index in [1.54, 1.807) is 0 Å². The van der Waals surface area contributed by atoms with Crippen molar-refractivity contribution in [3.05, 3.63) is 11.7 Å². The minimum absolute atomic E-state index is 0.108. The van der Waals surface area contributed by atoms with Crippen LogP contribution < -0.4 is 5.32 Å². The van der Waals surface area contributed by atoms with Crippen LogP contribution in [0, 0.1) is 0 Å². The summed E-state index contributed by atoms with van der Waals surface area (Å²) in [5, 5.41) is 7.33. The van der Waals surface area contributed by atoms with Crippen LogP contribution >= 0.6 is 0 Å². The smallest absolute Gasteiger partial charge is 0.229 e. The molecule has 7 heteroatoms. The van der Waals surface area contributed by atoms with Gasteiger partial charge in [-0.15, -0.1) is 0 Å². The molecule has 1 aromatic rings. The SMILES string of the molecule is O=S1(=O)CCC(c2nc(C3CCCN3)no2)CC1. The molecule has 2 fully saturated rings. The highest BCUT2D eigenvalue weighted by molar-refractivity contribution is 7.91. The van der Waals surface area contributed by atoms with E-state index >= 15 is 0 Å². The van der Waals surface area contributed by atoms with Gasteiger partial charge in [0.05, 0.1) is 17.5 Å². The van der Waals surface area contributed by atoms with Crippen LogP contribution in [0.1, 0.15) is 49.4 Å². The van der Waals surface area contributed by atoms with E-state index in [0.29, 0.717) is 18.7 Å². The molecule has 0 spiro atoms. The van der Waals surface area contributed by atoms with E-state index in [2.05, 4.69) is 15.5 Å². The van der Waals surface area contributed by atoms with Gasteiger partial charge in [-0.3, -0.25) is 0 Å². The van der Waals surface area contributed by atoms with Gasteiger partial charge in [0.25, 0.3) is 0 Å². The highest BCUT2D eigenvalue weighted by Gasteiger charge is 2.30. The molecule has 0 amide bonds. The first kappa shape index (κ1) is 12.1. The second-order valence-electron chi connectivity index (χ2n) is 5.07. The molecular weight excluding hydrogens is 254 g/mol. The Morgan fingerprint density at radius 2 is 2.00 bits per heavy atom. The first-order chi connectivity index (χ1) is 8.64. The van der Waals surface area contributed by atoms with Crippen LogP contribution in [0.4, 0.5) is 0 Å². The predicted molar refractivity (Wildman–Crippen MR) is 64.9 cm³/mol. The molecule has 1 aromatic heterocycles. The number of nitrogens with zero attached hydrogens (tertiary/aromatic N) is 2. The minimum Gasteiger partial charge on any atom is -0.339 e. The Hall–Kier alpha value is -0.950. The topological polar surface area (TPSA) is 85.1 Å². The summed E-state index contributed by atoms with van der Waals surface area (Å²) in [5.41, 5.74) is 0. The van der Waals surface area contributed by atoms with Crippen molar-refractivity contribution in [3.8, 4) is 0 Å². The maximum atomic E-state index is 11.4. The average Bonchev–Trinajstić information content (AvgIpc) is 2.99. The van der Waals surface area contributed by atoms with Crippen LogP contribution in [-0.4, -0.2) is 36.6 Å². The van der Waals surface area contributed by atoms with E-state index in [1.165, 1.54) is 0 Å². The lowest BCUT2D eigenvalue weighted by Gasteiger charge is -2.18. The molecule has 0 aliphatic carbocycles. The number of hydrogen-bond donors (Lipinski definition) is 1. The van der Waals surface area contributed by atoms with Crippen LogP contribution in [0.5, 0.6) is 0 Å². The molecule has 6 nitrogen and oxygen atoms in total. The maximum Gasteiger partial charge on any atom is 0.229 e. The lowest BCUT2D eigenvalue weighted by atomic mass is 10.0. The number of rotatable bonds is 2. The van der Waals surface area contributed by atoms with E-state index in [4.69, 9.17) is 4.52 Å². The summed E-state index contributed by atoms with van der Waals surface area (Å²) in [4.78, 5) is 4.43. The van der Waals surface area contributed by atoms with Crippen molar-refractivity contribution in [3.63, 3.8) is 0 Å². The van der Waals surface area contributed by atoms with Gasteiger partial charge in [0, 0.05) is 5.92 Å². The summed E-state index contributed by atoms with van der Waals surface area (Å²) in [6.07, 6.45) is 3.37. The van der Waals surface area contributed by atoms with Crippen molar-refractivity contribution in [2.75, 3.05) is 18.1 Å².